The summed E-state index contributed by atoms with van der Waals surface area (Å²) in [6.45, 7) is 1.97. The molecule has 98 valence electrons. The molecule has 1 aliphatic heterocycles. The predicted octanol–water partition coefficient (Wildman–Crippen LogP) is 3.51. The number of hydrogen-bond acceptors (Lipinski definition) is 1. The van der Waals surface area contributed by atoms with Gasteiger partial charge in [-0.2, -0.15) is 13.2 Å². The first kappa shape index (κ1) is 13.4. The van der Waals surface area contributed by atoms with Gasteiger partial charge in [-0.25, -0.2) is 0 Å². The van der Waals surface area contributed by atoms with Crippen molar-refractivity contribution < 1.29 is 18.0 Å². The minimum atomic E-state index is -4.45. The van der Waals surface area contributed by atoms with Gasteiger partial charge in [0.05, 0.1) is 11.3 Å². The summed E-state index contributed by atoms with van der Waals surface area (Å²) < 4.78 is 38.7. The average Bonchev–Trinajstić information content (AvgIpc) is 2.55. The molecule has 2 rings (SSSR count). The summed E-state index contributed by atoms with van der Waals surface area (Å²) in [4.78, 5) is 12.8. The molecule has 1 heterocycles. The first-order chi connectivity index (χ1) is 8.29. The zero-order valence-corrected chi connectivity index (χ0v) is 11.2. The van der Waals surface area contributed by atoms with Crippen molar-refractivity contribution in [2.24, 2.45) is 0 Å². The van der Waals surface area contributed by atoms with Crippen LogP contribution >= 0.6 is 15.9 Å². The quantitative estimate of drug-likeness (QED) is 0.725. The van der Waals surface area contributed by atoms with Crippen molar-refractivity contribution >= 4 is 27.5 Å². The molecule has 1 saturated heterocycles. The van der Waals surface area contributed by atoms with Gasteiger partial charge in [-0.1, -0.05) is 22.0 Å². The van der Waals surface area contributed by atoms with Crippen molar-refractivity contribution in [3.05, 3.63) is 29.3 Å². The SMILES string of the molecule is Cc1ccc(C(F)(F)F)c(N2CC(Br)CC2=O)c1. The normalized spacial score (nSPS) is 20.6. The lowest BCUT2D eigenvalue weighted by molar-refractivity contribution is -0.137. The molecule has 0 aromatic heterocycles. The molecule has 0 bridgehead atoms. The van der Waals surface area contributed by atoms with Crippen LogP contribution in [0, 0.1) is 6.92 Å². The topological polar surface area (TPSA) is 20.3 Å². The van der Waals surface area contributed by atoms with Gasteiger partial charge < -0.3 is 4.90 Å². The highest BCUT2D eigenvalue weighted by Crippen LogP contribution is 2.39. The zero-order valence-electron chi connectivity index (χ0n) is 9.59. The zero-order chi connectivity index (χ0) is 13.5. The monoisotopic (exact) mass is 321 g/mol. The highest BCUT2D eigenvalue weighted by Gasteiger charge is 2.38. The number of carbonyl (C=O) groups excluding carboxylic acids is 1. The van der Waals surface area contributed by atoms with E-state index in [1.54, 1.807) is 6.92 Å². The number of amides is 1. The lowest BCUT2D eigenvalue weighted by Crippen LogP contribution is -2.27. The molecule has 1 aromatic carbocycles. The second kappa shape index (κ2) is 4.57. The third kappa shape index (κ3) is 2.53. The Morgan fingerprint density at radius 3 is 2.56 bits per heavy atom. The number of halogens is 4. The molecule has 1 unspecified atom stereocenters. The Morgan fingerprint density at radius 2 is 2.06 bits per heavy atom. The molecule has 0 spiro atoms. The van der Waals surface area contributed by atoms with Crippen molar-refractivity contribution in [1.82, 2.24) is 0 Å². The Hall–Kier alpha value is -1.04. The lowest BCUT2D eigenvalue weighted by atomic mass is 10.1. The molecule has 0 N–H and O–H groups in total. The van der Waals surface area contributed by atoms with Gasteiger partial charge in [-0.05, 0) is 24.6 Å². The Morgan fingerprint density at radius 1 is 1.39 bits per heavy atom. The van der Waals surface area contributed by atoms with E-state index in [9.17, 15) is 18.0 Å². The Bertz CT molecular complexity index is 487. The number of nitrogens with zero attached hydrogens (tertiary/aromatic N) is 1. The van der Waals surface area contributed by atoms with E-state index in [0.29, 0.717) is 5.56 Å². The van der Waals surface area contributed by atoms with E-state index in [1.807, 2.05) is 0 Å². The molecule has 18 heavy (non-hydrogen) atoms. The number of alkyl halides is 4. The number of rotatable bonds is 1. The third-order valence-electron chi connectivity index (χ3n) is 2.83. The largest absolute Gasteiger partial charge is 0.418 e. The van der Waals surface area contributed by atoms with Gasteiger partial charge in [0, 0.05) is 17.8 Å². The predicted molar refractivity (Wildman–Crippen MR) is 65.9 cm³/mol. The summed E-state index contributed by atoms with van der Waals surface area (Å²) in [5.41, 5.74) is -0.110. The highest BCUT2D eigenvalue weighted by molar-refractivity contribution is 9.09. The molecule has 0 radical (unpaired) electrons. The molecule has 0 aliphatic carbocycles. The molecular weight excluding hydrogens is 311 g/mol. The van der Waals surface area contributed by atoms with Gasteiger partial charge in [-0.15, -0.1) is 0 Å². The van der Waals surface area contributed by atoms with Crippen LogP contribution in [0.25, 0.3) is 0 Å². The van der Waals surface area contributed by atoms with Crippen LogP contribution in [-0.2, 0) is 11.0 Å². The molecule has 6 heteroatoms. The third-order valence-corrected chi connectivity index (χ3v) is 3.44. The smallest absolute Gasteiger partial charge is 0.311 e. The molecule has 1 amide bonds. The van der Waals surface area contributed by atoms with E-state index in [1.165, 1.54) is 17.0 Å². The summed E-state index contributed by atoms with van der Waals surface area (Å²) in [6.07, 6.45) is -4.22. The summed E-state index contributed by atoms with van der Waals surface area (Å²) in [5.74, 6) is -0.284. The van der Waals surface area contributed by atoms with Crippen LogP contribution in [0.1, 0.15) is 17.5 Å². The van der Waals surface area contributed by atoms with Crippen LogP contribution in [0.3, 0.4) is 0 Å². The van der Waals surface area contributed by atoms with E-state index < -0.39 is 11.7 Å². The first-order valence-corrected chi connectivity index (χ1v) is 6.33. The minimum absolute atomic E-state index is 0.0468. The van der Waals surface area contributed by atoms with Crippen LogP contribution in [0.4, 0.5) is 18.9 Å². The van der Waals surface area contributed by atoms with Gasteiger partial charge in [-0.3, -0.25) is 4.79 Å². The summed E-state index contributed by atoms with van der Waals surface area (Å²) in [7, 11) is 0. The molecule has 1 aliphatic rings. The van der Waals surface area contributed by atoms with Crippen molar-refractivity contribution in [3.8, 4) is 0 Å². The van der Waals surface area contributed by atoms with Crippen molar-refractivity contribution in [3.63, 3.8) is 0 Å². The summed E-state index contributed by atoms with van der Waals surface area (Å²) in [5, 5.41) is 0. The highest BCUT2D eigenvalue weighted by atomic mass is 79.9. The fourth-order valence-corrected chi connectivity index (χ4v) is 2.57. The van der Waals surface area contributed by atoms with Crippen molar-refractivity contribution in [2.45, 2.75) is 24.3 Å². The maximum absolute atomic E-state index is 12.9. The number of aryl methyl sites for hydroxylation is 1. The Labute approximate surface area is 111 Å². The van der Waals surface area contributed by atoms with Gasteiger partial charge in [0.15, 0.2) is 0 Å². The van der Waals surface area contributed by atoms with E-state index in [4.69, 9.17) is 0 Å². The molecule has 1 atom stereocenters. The number of hydrogen-bond donors (Lipinski definition) is 0. The second-order valence-corrected chi connectivity index (χ2v) is 5.62. The molecule has 0 saturated carbocycles. The fraction of sp³-hybridized carbons (Fsp3) is 0.417. The average molecular weight is 322 g/mol. The Kier molecular flexibility index (Phi) is 3.40. The lowest BCUT2D eigenvalue weighted by Gasteiger charge is -2.21. The fourth-order valence-electron chi connectivity index (χ4n) is 2.00. The van der Waals surface area contributed by atoms with Gasteiger partial charge in [0.2, 0.25) is 5.91 Å². The maximum Gasteiger partial charge on any atom is 0.418 e. The number of benzene rings is 1. The van der Waals surface area contributed by atoms with Crippen LogP contribution in [0.5, 0.6) is 0 Å². The van der Waals surface area contributed by atoms with Crippen molar-refractivity contribution in [2.75, 3.05) is 11.4 Å². The first-order valence-electron chi connectivity index (χ1n) is 5.41. The van der Waals surface area contributed by atoms with Crippen LogP contribution in [0.15, 0.2) is 18.2 Å². The van der Waals surface area contributed by atoms with E-state index in [0.717, 1.165) is 6.07 Å². The number of carbonyl (C=O) groups is 1. The van der Waals surface area contributed by atoms with Gasteiger partial charge in [0.1, 0.15) is 0 Å². The van der Waals surface area contributed by atoms with E-state index in [2.05, 4.69) is 15.9 Å². The minimum Gasteiger partial charge on any atom is -0.311 e. The summed E-state index contributed by atoms with van der Waals surface area (Å²) in [6, 6.07) is 3.84. The van der Waals surface area contributed by atoms with E-state index >= 15 is 0 Å². The maximum atomic E-state index is 12.9. The standard InChI is InChI=1S/C12H11BrF3NO/c1-7-2-3-9(12(14,15)16)10(4-7)17-6-8(13)5-11(17)18/h2-4,8H,5-6H2,1H3. The van der Waals surface area contributed by atoms with Crippen LogP contribution in [-0.4, -0.2) is 17.3 Å². The van der Waals surface area contributed by atoms with Crippen molar-refractivity contribution in [1.29, 1.82) is 0 Å². The molecule has 1 fully saturated rings. The molecule has 2 nitrogen and oxygen atoms in total. The van der Waals surface area contributed by atoms with Crippen LogP contribution in [0.2, 0.25) is 0 Å². The van der Waals surface area contributed by atoms with Crippen LogP contribution < -0.4 is 4.90 Å². The van der Waals surface area contributed by atoms with Gasteiger partial charge >= 0.3 is 6.18 Å². The Balaban J connectivity index is 2.49. The van der Waals surface area contributed by atoms with Gasteiger partial charge in [0.25, 0.3) is 0 Å². The second-order valence-electron chi connectivity index (χ2n) is 4.32. The molecule has 1 aromatic rings. The van der Waals surface area contributed by atoms with E-state index in [-0.39, 0.29) is 29.4 Å². The molecular formula is C12H11BrF3NO. The number of anilines is 1. The summed E-state index contributed by atoms with van der Waals surface area (Å²) >= 11 is 3.27.